The average Bonchev–Trinajstić information content (AvgIpc) is 3.28. The van der Waals surface area contributed by atoms with E-state index in [4.69, 9.17) is 0 Å². The van der Waals surface area contributed by atoms with Gasteiger partial charge in [0.2, 0.25) is 0 Å². The first-order valence-electron chi connectivity index (χ1n) is 12.2. The number of allylic oxidation sites excluding steroid dienone is 9. The summed E-state index contributed by atoms with van der Waals surface area (Å²) in [5.74, 6) is 0.477. The van der Waals surface area contributed by atoms with Gasteiger partial charge in [-0.05, 0) is 81.5 Å². The van der Waals surface area contributed by atoms with Crippen LogP contribution in [0.4, 0.5) is 0 Å². The van der Waals surface area contributed by atoms with E-state index in [9.17, 15) is 0 Å². The van der Waals surface area contributed by atoms with Crippen LogP contribution in [0.2, 0.25) is 0 Å². The number of hydrogen-bond donors (Lipinski definition) is 0. The zero-order valence-electron chi connectivity index (χ0n) is 20.6. The number of hydrogen-bond acceptors (Lipinski definition) is 0. The van der Waals surface area contributed by atoms with Crippen LogP contribution < -0.4 is 0 Å². The minimum atomic E-state index is -0.345. The van der Waals surface area contributed by atoms with Crippen LogP contribution in [0.1, 0.15) is 49.9 Å². The first-order chi connectivity index (χ1) is 16.5. The molecule has 3 aromatic rings. The van der Waals surface area contributed by atoms with E-state index in [1.54, 1.807) is 0 Å². The summed E-state index contributed by atoms with van der Waals surface area (Å²) in [5, 5.41) is 0. The molecule has 0 saturated heterocycles. The van der Waals surface area contributed by atoms with E-state index >= 15 is 0 Å². The van der Waals surface area contributed by atoms with Gasteiger partial charge in [0.1, 0.15) is 0 Å². The van der Waals surface area contributed by atoms with Gasteiger partial charge in [0.25, 0.3) is 0 Å². The highest BCUT2D eigenvalue weighted by Crippen LogP contribution is 2.61. The van der Waals surface area contributed by atoms with E-state index in [2.05, 4.69) is 131 Å². The van der Waals surface area contributed by atoms with Crippen molar-refractivity contribution in [3.63, 3.8) is 0 Å². The fourth-order valence-electron chi connectivity index (χ4n) is 5.82. The second-order valence-electron chi connectivity index (χ2n) is 9.60. The van der Waals surface area contributed by atoms with Gasteiger partial charge in [-0.2, -0.15) is 0 Å². The normalized spacial score (nSPS) is 19.2. The van der Waals surface area contributed by atoms with Gasteiger partial charge in [-0.15, -0.1) is 0 Å². The lowest BCUT2D eigenvalue weighted by Crippen LogP contribution is -2.27. The molecule has 0 heteroatoms. The van der Waals surface area contributed by atoms with E-state index in [1.807, 2.05) is 6.08 Å². The van der Waals surface area contributed by atoms with Crippen molar-refractivity contribution in [1.29, 1.82) is 0 Å². The lowest BCUT2D eigenvalue weighted by atomic mass is 9.68. The summed E-state index contributed by atoms with van der Waals surface area (Å²) < 4.78 is 0. The van der Waals surface area contributed by atoms with Crippen molar-refractivity contribution in [3.8, 4) is 11.1 Å². The van der Waals surface area contributed by atoms with Crippen LogP contribution in [0.5, 0.6) is 0 Å². The molecule has 168 valence electrons. The van der Waals surface area contributed by atoms with E-state index in [-0.39, 0.29) is 5.41 Å². The summed E-state index contributed by atoms with van der Waals surface area (Å²) in [7, 11) is 0. The maximum Gasteiger partial charge on any atom is 0.0722 e. The Labute approximate surface area is 204 Å². The Morgan fingerprint density at radius 3 is 2.21 bits per heavy atom. The highest BCUT2D eigenvalue weighted by molar-refractivity contribution is 5.98. The third-order valence-corrected chi connectivity index (χ3v) is 7.24. The quantitative estimate of drug-likeness (QED) is 0.371. The van der Waals surface area contributed by atoms with Gasteiger partial charge in [-0.3, -0.25) is 0 Å². The van der Waals surface area contributed by atoms with Crippen LogP contribution in [0.3, 0.4) is 0 Å². The van der Waals surface area contributed by atoms with Gasteiger partial charge in [0.15, 0.2) is 0 Å². The summed E-state index contributed by atoms with van der Waals surface area (Å²) in [6, 6.07) is 26.6. The van der Waals surface area contributed by atoms with Crippen LogP contribution in [-0.4, -0.2) is 0 Å². The van der Waals surface area contributed by atoms with Crippen LogP contribution in [0.15, 0.2) is 121 Å². The van der Waals surface area contributed by atoms with Crippen LogP contribution in [0, 0.1) is 5.92 Å². The summed E-state index contributed by atoms with van der Waals surface area (Å²) in [4.78, 5) is 0. The zero-order chi connectivity index (χ0) is 23.9. The molecule has 0 fully saturated rings. The monoisotopic (exact) mass is 440 g/mol. The molecule has 0 N–H and O–H groups in total. The van der Waals surface area contributed by atoms with Crippen molar-refractivity contribution in [2.24, 2.45) is 5.92 Å². The fraction of sp³-hybridized carbons (Fsp3) is 0.176. The maximum absolute atomic E-state index is 4.26. The Morgan fingerprint density at radius 2 is 1.50 bits per heavy atom. The molecular weight excluding hydrogens is 408 g/mol. The molecule has 34 heavy (non-hydrogen) atoms. The lowest BCUT2D eigenvalue weighted by Gasteiger charge is -2.33. The molecule has 3 aromatic carbocycles. The second kappa shape index (κ2) is 8.61. The number of rotatable bonds is 5. The van der Waals surface area contributed by atoms with Crippen molar-refractivity contribution in [2.75, 3.05) is 0 Å². The summed E-state index contributed by atoms with van der Waals surface area (Å²) >= 11 is 0. The van der Waals surface area contributed by atoms with Crippen molar-refractivity contribution >= 4 is 11.1 Å². The van der Waals surface area contributed by atoms with Crippen molar-refractivity contribution in [3.05, 3.63) is 143 Å². The Morgan fingerprint density at radius 1 is 0.765 bits per heavy atom. The van der Waals surface area contributed by atoms with Crippen LogP contribution in [-0.2, 0) is 5.41 Å². The molecule has 0 aromatic heterocycles. The molecule has 1 atom stereocenters. The molecule has 1 spiro atoms. The smallest absolute Gasteiger partial charge is 0.0722 e. The second-order valence-corrected chi connectivity index (χ2v) is 9.60. The van der Waals surface area contributed by atoms with E-state index in [1.165, 1.54) is 55.7 Å². The molecule has 2 aliphatic carbocycles. The van der Waals surface area contributed by atoms with E-state index in [0.717, 1.165) is 0 Å². The van der Waals surface area contributed by atoms with Crippen LogP contribution >= 0.6 is 0 Å². The molecular formula is C34H32. The van der Waals surface area contributed by atoms with Crippen molar-refractivity contribution in [1.82, 2.24) is 0 Å². The molecule has 0 heterocycles. The topological polar surface area (TPSA) is 0 Å². The summed E-state index contributed by atoms with van der Waals surface area (Å²) in [5.41, 5.74) is 12.8. The Kier molecular flexibility index (Phi) is 5.62. The SMILES string of the molecule is C=CC1=C(/C=C\C)C2(C(/C=C\C(C)C)=C(C)c3ccccc32)c2cc(-c3ccccc3)ccc21. The van der Waals surface area contributed by atoms with Gasteiger partial charge < -0.3 is 0 Å². The summed E-state index contributed by atoms with van der Waals surface area (Å²) in [6.45, 7) is 13.1. The molecule has 0 aliphatic heterocycles. The third-order valence-electron chi connectivity index (χ3n) is 7.24. The van der Waals surface area contributed by atoms with Gasteiger partial charge in [0, 0.05) is 0 Å². The van der Waals surface area contributed by atoms with Crippen LogP contribution in [0.25, 0.3) is 22.3 Å². The highest BCUT2D eigenvalue weighted by atomic mass is 14.5. The van der Waals surface area contributed by atoms with Gasteiger partial charge in [0.05, 0.1) is 5.41 Å². The Hall–Kier alpha value is -3.64. The zero-order valence-corrected chi connectivity index (χ0v) is 20.6. The fourth-order valence-corrected chi connectivity index (χ4v) is 5.82. The molecule has 0 amide bonds. The van der Waals surface area contributed by atoms with Gasteiger partial charge in [-0.1, -0.05) is 118 Å². The van der Waals surface area contributed by atoms with Crippen molar-refractivity contribution < 1.29 is 0 Å². The third kappa shape index (κ3) is 3.13. The molecule has 0 saturated carbocycles. The highest BCUT2D eigenvalue weighted by Gasteiger charge is 2.51. The maximum atomic E-state index is 4.26. The minimum absolute atomic E-state index is 0.345. The largest absolute Gasteiger partial charge is 0.0984 e. The molecule has 2 aliphatic rings. The standard InChI is InChI=1S/C34H32/c1-6-13-31-27(7-2)29-20-19-26(25-14-9-8-10-15-25)22-33(29)34(31)30(21-18-23(3)4)24(5)28-16-11-12-17-32(28)34/h6-23H,2H2,1,3-5H3/b13-6-,21-18-. The molecule has 5 rings (SSSR count). The average molecular weight is 441 g/mol. The predicted molar refractivity (Wildman–Crippen MR) is 148 cm³/mol. The van der Waals surface area contributed by atoms with Crippen molar-refractivity contribution in [2.45, 2.75) is 33.1 Å². The molecule has 0 radical (unpaired) electrons. The van der Waals surface area contributed by atoms with Gasteiger partial charge >= 0.3 is 0 Å². The number of fused-ring (bicyclic) bond motifs is 4. The Balaban J connectivity index is 1.91. The lowest BCUT2D eigenvalue weighted by molar-refractivity contribution is 0.770. The minimum Gasteiger partial charge on any atom is -0.0984 e. The number of benzene rings is 3. The molecule has 0 bridgehead atoms. The van der Waals surface area contributed by atoms with E-state index < -0.39 is 0 Å². The van der Waals surface area contributed by atoms with E-state index in [0.29, 0.717) is 5.92 Å². The molecule has 0 nitrogen and oxygen atoms in total. The first-order valence-corrected chi connectivity index (χ1v) is 12.2. The molecule has 1 unspecified atom stereocenters. The predicted octanol–water partition coefficient (Wildman–Crippen LogP) is 9.17. The first kappa shape index (κ1) is 22.2. The summed E-state index contributed by atoms with van der Waals surface area (Å²) in [6.07, 6.45) is 11.2. The van der Waals surface area contributed by atoms with Gasteiger partial charge in [-0.25, -0.2) is 0 Å². The Bertz CT molecular complexity index is 1390.